The quantitative estimate of drug-likeness (QED) is 0.760. The highest BCUT2D eigenvalue weighted by molar-refractivity contribution is 5.77. The first-order valence-corrected chi connectivity index (χ1v) is 7.59. The Morgan fingerprint density at radius 2 is 1.95 bits per heavy atom. The molecular weight excluding hydrogens is 274 g/mol. The molecule has 0 saturated carbocycles. The van der Waals surface area contributed by atoms with Crippen molar-refractivity contribution in [2.75, 3.05) is 7.11 Å². The summed E-state index contributed by atoms with van der Waals surface area (Å²) in [4.78, 5) is 4.62. The second-order valence-electron chi connectivity index (χ2n) is 5.33. The van der Waals surface area contributed by atoms with Gasteiger partial charge in [-0.15, -0.1) is 0 Å². The van der Waals surface area contributed by atoms with E-state index < -0.39 is 0 Å². The zero-order valence-electron chi connectivity index (χ0n) is 12.8. The fourth-order valence-corrected chi connectivity index (χ4v) is 2.78. The van der Waals surface area contributed by atoms with E-state index in [9.17, 15) is 0 Å². The van der Waals surface area contributed by atoms with Crippen molar-refractivity contribution in [1.29, 1.82) is 0 Å². The van der Waals surface area contributed by atoms with Crippen LogP contribution in [0.15, 0.2) is 48.5 Å². The highest BCUT2D eigenvalue weighted by atomic mass is 16.5. The van der Waals surface area contributed by atoms with Crippen LogP contribution in [-0.2, 0) is 19.5 Å². The molecule has 0 unspecified atom stereocenters. The van der Waals surface area contributed by atoms with E-state index in [4.69, 9.17) is 10.5 Å². The van der Waals surface area contributed by atoms with Crippen LogP contribution in [0.25, 0.3) is 11.0 Å². The van der Waals surface area contributed by atoms with Gasteiger partial charge >= 0.3 is 0 Å². The van der Waals surface area contributed by atoms with Gasteiger partial charge in [0, 0.05) is 12.6 Å². The number of ether oxygens (including phenoxy) is 1. The van der Waals surface area contributed by atoms with E-state index >= 15 is 0 Å². The Hall–Kier alpha value is -2.33. The molecule has 3 rings (SSSR count). The lowest BCUT2D eigenvalue weighted by Crippen LogP contribution is -2.09. The molecule has 114 valence electrons. The Morgan fingerprint density at radius 1 is 1.14 bits per heavy atom. The first-order chi connectivity index (χ1) is 10.8. The maximum Gasteiger partial charge on any atom is 0.123 e. The Kier molecular flexibility index (Phi) is 4.39. The number of hydrogen-bond acceptors (Lipinski definition) is 3. The van der Waals surface area contributed by atoms with Crippen LogP contribution in [0.1, 0.15) is 17.8 Å². The number of fused-ring (bicyclic) bond motifs is 1. The summed E-state index contributed by atoms with van der Waals surface area (Å²) in [5, 5.41) is 0. The predicted octanol–water partition coefficient (Wildman–Crippen LogP) is 3.14. The van der Waals surface area contributed by atoms with E-state index in [1.54, 1.807) is 7.11 Å². The highest BCUT2D eigenvalue weighted by Crippen LogP contribution is 2.22. The number of methoxy groups -OCH3 is 1. The van der Waals surface area contributed by atoms with Crippen LogP contribution in [0.2, 0.25) is 0 Å². The molecule has 0 aliphatic carbocycles. The molecule has 22 heavy (non-hydrogen) atoms. The normalized spacial score (nSPS) is 11.0. The molecule has 0 saturated heterocycles. The summed E-state index contributed by atoms with van der Waals surface area (Å²) in [6.07, 6.45) is 2.12. The number of hydrogen-bond donors (Lipinski definition) is 1. The maximum atomic E-state index is 5.85. The minimum atomic E-state index is 0.447. The molecule has 0 bridgehead atoms. The average molecular weight is 295 g/mol. The van der Waals surface area contributed by atoms with E-state index in [0.29, 0.717) is 6.54 Å². The molecule has 2 aromatic carbocycles. The van der Waals surface area contributed by atoms with Gasteiger partial charge in [0.05, 0.1) is 24.7 Å². The number of aromatic nitrogens is 2. The van der Waals surface area contributed by atoms with Crippen molar-refractivity contribution in [3.63, 3.8) is 0 Å². The number of imidazole rings is 1. The Bertz CT molecular complexity index is 750. The summed E-state index contributed by atoms with van der Waals surface area (Å²) < 4.78 is 7.48. The summed E-state index contributed by atoms with van der Waals surface area (Å²) in [5.74, 6) is 1.75. The van der Waals surface area contributed by atoms with Crippen molar-refractivity contribution < 1.29 is 4.74 Å². The van der Waals surface area contributed by atoms with Gasteiger partial charge < -0.3 is 15.0 Å². The lowest BCUT2D eigenvalue weighted by Gasteiger charge is -2.08. The third kappa shape index (κ3) is 2.97. The van der Waals surface area contributed by atoms with E-state index in [0.717, 1.165) is 42.0 Å². The maximum absolute atomic E-state index is 5.85. The second-order valence-corrected chi connectivity index (χ2v) is 5.33. The zero-order chi connectivity index (χ0) is 15.4. The fraction of sp³-hybridized carbons (Fsp3) is 0.278. The molecule has 0 fully saturated rings. The van der Waals surface area contributed by atoms with E-state index in [1.807, 2.05) is 18.2 Å². The van der Waals surface area contributed by atoms with Gasteiger partial charge in [-0.3, -0.25) is 0 Å². The Balaban J connectivity index is 1.80. The van der Waals surface area contributed by atoms with Crippen molar-refractivity contribution in [2.24, 2.45) is 5.73 Å². The van der Waals surface area contributed by atoms with Crippen molar-refractivity contribution in [1.82, 2.24) is 9.55 Å². The molecule has 0 aliphatic rings. The van der Waals surface area contributed by atoms with Gasteiger partial charge in [0.15, 0.2) is 0 Å². The summed E-state index contributed by atoms with van der Waals surface area (Å²) in [7, 11) is 1.67. The second kappa shape index (κ2) is 6.62. The molecule has 1 aromatic heterocycles. The molecule has 3 aromatic rings. The number of nitrogens with two attached hydrogens (primary N) is 1. The molecule has 0 spiro atoms. The third-order valence-corrected chi connectivity index (χ3v) is 3.91. The van der Waals surface area contributed by atoms with E-state index in [-0.39, 0.29) is 0 Å². The van der Waals surface area contributed by atoms with Gasteiger partial charge in [-0.1, -0.05) is 30.3 Å². The predicted molar refractivity (Wildman–Crippen MR) is 88.9 cm³/mol. The number of benzene rings is 2. The van der Waals surface area contributed by atoms with Crippen LogP contribution in [0.5, 0.6) is 5.75 Å². The molecule has 2 N–H and O–H groups in total. The van der Waals surface area contributed by atoms with Gasteiger partial charge in [0.2, 0.25) is 0 Å². The molecule has 0 amide bonds. The summed E-state index contributed by atoms with van der Waals surface area (Å²) >= 11 is 0. The van der Waals surface area contributed by atoms with Crippen LogP contribution in [-0.4, -0.2) is 16.7 Å². The molecule has 0 radical (unpaired) electrons. The van der Waals surface area contributed by atoms with Crippen LogP contribution >= 0.6 is 0 Å². The first-order valence-electron chi connectivity index (χ1n) is 7.59. The van der Waals surface area contributed by atoms with Crippen molar-refractivity contribution >= 4 is 11.0 Å². The molecule has 4 heteroatoms. The monoisotopic (exact) mass is 295 g/mol. The minimum Gasteiger partial charge on any atom is -0.497 e. The highest BCUT2D eigenvalue weighted by Gasteiger charge is 2.10. The topological polar surface area (TPSA) is 53.1 Å². The lowest BCUT2D eigenvalue weighted by molar-refractivity contribution is 0.415. The van der Waals surface area contributed by atoms with Crippen LogP contribution in [0, 0.1) is 0 Å². The van der Waals surface area contributed by atoms with E-state index in [1.165, 1.54) is 5.56 Å². The Labute approximate surface area is 130 Å². The minimum absolute atomic E-state index is 0.447. The SMILES string of the molecule is COc1ccc2c(c1)nc(CN)n2CCCc1ccccc1. The molecule has 4 nitrogen and oxygen atoms in total. The van der Waals surface area contributed by atoms with Crippen molar-refractivity contribution in [3.05, 3.63) is 59.9 Å². The van der Waals surface area contributed by atoms with Gasteiger partial charge in [0.1, 0.15) is 11.6 Å². The summed E-state index contributed by atoms with van der Waals surface area (Å²) in [5.41, 5.74) is 9.28. The van der Waals surface area contributed by atoms with E-state index in [2.05, 4.69) is 39.9 Å². The number of nitrogens with zero attached hydrogens (tertiary/aromatic N) is 2. The molecule has 0 aliphatic heterocycles. The number of aryl methyl sites for hydroxylation is 2. The van der Waals surface area contributed by atoms with Gasteiger partial charge in [0.25, 0.3) is 0 Å². The van der Waals surface area contributed by atoms with Crippen LogP contribution in [0.3, 0.4) is 0 Å². The smallest absolute Gasteiger partial charge is 0.123 e. The van der Waals surface area contributed by atoms with Gasteiger partial charge in [-0.05, 0) is 30.5 Å². The molecule has 0 atom stereocenters. The van der Waals surface area contributed by atoms with Gasteiger partial charge in [-0.2, -0.15) is 0 Å². The average Bonchev–Trinajstić information content (AvgIpc) is 2.93. The number of rotatable bonds is 6. The molecule has 1 heterocycles. The lowest BCUT2D eigenvalue weighted by atomic mass is 10.1. The zero-order valence-corrected chi connectivity index (χ0v) is 12.8. The molecular formula is C18H21N3O. The Morgan fingerprint density at radius 3 is 2.68 bits per heavy atom. The van der Waals surface area contributed by atoms with Crippen LogP contribution in [0.4, 0.5) is 0 Å². The van der Waals surface area contributed by atoms with Crippen molar-refractivity contribution in [2.45, 2.75) is 25.9 Å². The fourth-order valence-electron chi connectivity index (χ4n) is 2.78. The van der Waals surface area contributed by atoms with Crippen LogP contribution < -0.4 is 10.5 Å². The third-order valence-electron chi connectivity index (χ3n) is 3.91. The first kappa shape index (κ1) is 14.6. The van der Waals surface area contributed by atoms with Crippen molar-refractivity contribution in [3.8, 4) is 5.75 Å². The summed E-state index contributed by atoms with van der Waals surface area (Å²) in [6.45, 7) is 1.37. The standard InChI is InChI=1S/C18H21N3O/c1-22-15-9-10-17-16(12-15)20-18(13-19)21(17)11-5-8-14-6-3-2-4-7-14/h2-4,6-7,9-10,12H,5,8,11,13,19H2,1H3. The summed E-state index contributed by atoms with van der Waals surface area (Å²) in [6, 6.07) is 16.5. The van der Waals surface area contributed by atoms with Gasteiger partial charge in [-0.25, -0.2) is 4.98 Å². The largest absolute Gasteiger partial charge is 0.497 e.